The third-order valence-electron chi connectivity index (χ3n) is 2.71. The Kier molecular flexibility index (Phi) is 2.64. The van der Waals surface area contributed by atoms with Gasteiger partial charge in [0.25, 0.3) is 5.19 Å². The van der Waals surface area contributed by atoms with Gasteiger partial charge in [0.1, 0.15) is 5.75 Å². The zero-order valence-electron chi connectivity index (χ0n) is 9.88. The Morgan fingerprint density at radius 1 is 1.11 bits per heavy atom. The van der Waals surface area contributed by atoms with E-state index in [2.05, 4.69) is 4.98 Å². The lowest BCUT2D eigenvalue weighted by molar-refractivity contribution is 0.483. The highest BCUT2D eigenvalue weighted by Crippen LogP contribution is 2.33. The summed E-state index contributed by atoms with van der Waals surface area (Å²) in [6.45, 7) is 1.95. The molecule has 0 aliphatic rings. The van der Waals surface area contributed by atoms with Crippen LogP contribution in [0.1, 0.15) is 5.69 Å². The predicted octanol–water partition coefficient (Wildman–Crippen LogP) is 3.98. The van der Waals surface area contributed by atoms with Crippen LogP contribution in [0.5, 0.6) is 10.9 Å². The Balaban J connectivity index is 2.09. The maximum absolute atomic E-state index is 5.95. The summed E-state index contributed by atoms with van der Waals surface area (Å²) in [5.41, 5.74) is 7.68. The molecule has 1 aromatic heterocycles. The number of benzene rings is 2. The highest BCUT2D eigenvalue weighted by molar-refractivity contribution is 7.11. The van der Waals surface area contributed by atoms with Crippen LogP contribution in [0, 0.1) is 6.92 Å². The summed E-state index contributed by atoms with van der Waals surface area (Å²) < 4.78 is 5.82. The summed E-state index contributed by atoms with van der Waals surface area (Å²) in [7, 11) is 0. The second-order valence-electron chi connectivity index (χ2n) is 4.06. The lowest BCUT2D eigenvalue weighted by atomic mass is 10.1. The van der Waals surface area contributed by atoms with E-state index in [1.807, 2.05) is 48.7 Å². The van der Waals surface area contributed by atoms with Crippen molar-refractivity contribution < 1.29 is 4.74 Å². The summed E-state index contributed by atoms with van der Waals surface area (Å²) in [6, 6.07) is 11.7. The van der Waals surface area contributed by atoms with Crippen LogP contribution < -0.4 is 10.5 Å². The third kappa shape index (κ3) is 1.91. The molecular weight excluding hydrogens is 244 g/mol. The molecule has 0 saturated carbocycles. The molecule has 0 atom stereocenters. The topological polar surface area (TPSA) is 48.1 Å². The maximum Gasteiger partial charge on any atom is 0.278 e. The van der Waals surface area contributed by atoms with Crippen LogP contribution in [-0.2, 0) is 0 Å². The Bertz CT molecular complexity index is 706. The van der Waals surface area contributed by atoms with Gasteiger partial charge in [-0.05, 0) is 19.1 Å². The van der Waals surface area contributed by atoms with Crippen LogP contribution in [0.2, 0.25) is 0 Å². The van der Waals surface area contributed by atoms with Crippen molar-refractivity contribution in [2.75, 3.05) is 5.73 Å². The molecule has 0 fully saturated rings. The average molecular weight is 256 g/mol. The zero-order chi connectivity index (χ0) is 12.5. The molecule has 2 aromatic carbocycles. The number of hydrogen-bond donors (Lipinski definition) is 1. The summed E-state index contributed by atoms with van der Waals surface area (Å²) in [5, 5.41) is 4.63. The Labute approximate surface area is 109 Å². The van der Waals surface area contributed by atoms with Gasteiger partial charge in [-0.15, -0.1) is 0 Å². The molecule has 0 aliphatic heterocycles. The molecule has 1 heterocycles. The van der Waals surface area contributed by atoms with E-state index >= 15 is 0 Å². The number of anilines is 1. The fourth-order valence-corrected chi connectivity index (χ4v) is 2.52. The Morgan fingerprint density at radius 3 is 2.61 bits per heavy atom. The summed E-state index contributed by atoms with van der Waals surface area (Å²) in [5.74, 6) is 0.786. The normalized spacial score (nSPS) is 10.7. The number of nitrogen functional groups attached to an aromatic ring is 1. The summed E-state index contributed by atoms with van der Waals surface area (Å²) in [6.07, 6.45) is 0. The van der Waals surface area contributed by atoms with Crippen molar-refractivity contribution in [2.24, 2.45) is 0 Å². The van der Waals surface area contributed by atoms with E-state index < -0.39 is 0 Å². The van der Waals surface area contributed by atoms with Gasteiger partial charge < -0.3 is 10.5 Å². The third-order valence-corrected chi connectivity index (χ3v) is 3.55. The monoisotopic (exact) mass is 256 g/mol. The fourth-order valence-electron chi connectivity index (χ4n) is 1.86. The van der Waals surface area contributed by atoms with Gasteiger partial charge in [0.05, 0.1) is 5.69 Å². The highest BCUT2D eigenvalue weighted by Gasteiger charge is 2.07. The molecule has 3 rings (SSSR count). The Hall–Kier alpha value is -2.07. The predicted molar refractivity (Wildman–Crippen MR) is 75.3 cm³/mol. The van der Waals surface area contributed by atoms with Crippen LogP contribution in [0.4, 0.5) is 5.69 Å². The lowest BCUT2D eigenvalue weighted by Crippen LogP contribution is -1.90. The minimum atomic E-state index is 0.655. The van der Waals surface area contributed by atoms with Crippen LogP contribution in [0.25, 0.3) is 10.8 Å². The van der Waals surface area contributed by atoms with Crippen molar-refractivity contribution >= 4 is 27.8 Å². The van der Waals surface area contributed by atoms with E-state index in [1.54, 1.807) is 0 Å². The van der Waals surface area contributed by atoms with Gasteiger partial charge in [-0.2, -0.15) is 0 Å². The van der Waals surface area contributed by atoms with Crippen LogP contribution in [-0.4, -0.2) is 4.98 Å². The van der Waals surface area contributed by atoms with Crippen molar-refractivity contribution in [3.05, 3.63) is 47.5 Å². The number of nitrogens with zero attached hydrogens (tertiary/aromatic N) is 1. The van der Waals surface area contributed by atoms with Gasteiger partial charge in [-0.25, -0.2) is 4.98 Å². The molecular formula is C14H12N2OS. The van der Waals surface area contributed by atoms with Crippen molar-refractivity contribution in [3.8, 4) is 10.9 Å². The smallest absolute Gasteiger partial charge is 0.278 e. The van der Waals surface area contributed by atoms with Gasteiger partial charge >= 0.3 is 0 Å². The van der Waals surface area contributed by atoms with E-state index in [0.29, 0.717) is 5.19 Å². The van der Waals surface area contributed by atoms with Gasteiger partial charge in [-0.3, -0.25) is 0 Å². The number of fused-ring (bicyclic) bond motifs is 1. The first-order valence-electron chi connectivity index (χ1n) is 5.61. The SMILES string of the molecule is Cc1csc(Oc2ccc(N)c3ccccc23)n1. The summed E-state index contributed by atoms with van der Waals surface area (Å²) >= 11 is 1.49. The first kappa shape index (κ1) is 11.0. The van der Waals surface area contributed by atoms with Crippen molar-refractivity contribution in [1.82, 2.24) is 4.98 Å². The first-order chi connectivity index (χ1) is 8.74. The molecule has 0 aliphatic carbocycles. The van der Waals surface area contributed by atoms with Crippen LogP contribution >= 0.6 is 11.3 Å². The quantitative estimate of drug-likeness (QED) is 0.705. The fraction of sp³-hybridized carbons (Fsp3) is 0.0714. The minimum Gasteiger partial charge on any atom is -0.430 e. The minimum absolute atomic E-state index is 0.655. The zero-order valence-corrected chi connectivity index (χ0v) is 10.7. The molecule has 0 amide bonds. The second kappa shape index (κ2) is 4.31. The molecule has 0 bridgehead atoms. The molecule has 4 heteroatoms. The van der Waals surface area contributed by atoms with E-state index in [-0.39, 0.29) is 0 Å². The number of aromatic nitrogens is 1. The first-order valence-corrected chi connectivity index (χ1v) is 6.49. The van der Waals surface area contributed by atoms with Gasteiger partial charge in [-0.1, -0.05) is 35.6 Å². The molecule has 0 radical (unpaired) electrons. The van der Waals surface area contributed by atoms with Crippen LogP contribution in [0.3, 0.4) is 0 Å². The van der Waals surface area contributed by atoms with Crippen molar-refractivity contribution in [2.45, 2.75) is 6.92 Å². The summed E-state index contributed by atoms with van der Waals surface area (Å²) in [4.78, 5) is 4.30. The number of ether oxygens (including phenoxy) is 1. The lowest BCUT2D eigenvalue weighted by Gasteiger charge is -2.08. The molecule has 3 aromatic rings. The number of nitrogens with two attached hydrogens (primary N) is 1. The standard InChI is InChI=1S/C14H12N2OS/c1-9-8-18-14(16-9)17-13-7-6-12(15)10-4-2-3-5-11(10)13/h2-8H,15H2,1H3. The van der Waals surface area contributed by atoms with E-state index in [4.69, 9.17) is 10.5 Å². The molecule has 2 N–H and O–H groups in total. The number of aryl methyl sites for hydroxylation is 1. The van der Waals surface area contributed by atoms with Gasteiger partial charge in [0.2, 0.25) is 0 Å². The molecule has 0 spiro atoms. The molecule has 3 nitrogen and oxygen atoms in total. The van der Waals surface area contributed by atoms with E-state index in [0.717, 1.165) is 27.9 Å². The highest BCUT2D eigenvalue weighted by atomic mass is 32.1. The second-order valence-corrected chi connectivity index (χ2v) is 4.88. The van der Waals surface area contributed by atoms with Crippen LogP contribution in [0.15, 0.2) is 41.8 Å². The van der Waals surface area contributed by atoms with E-state index in [1.165, 1.54) is 11.3 Å². The number of hydrogen-bond acceptors (Lipinski definition) is 4. The molecule has 18 heavy (non-hydrogen) atoms. The van der Waals surface area contributed by atoms with Crippen molar-refractivity contribution in [3.63, 3.8) is 0 Å². The molecule has 0 unspecified atom stereocenters. The maximum atomic E-state index is 5.95. The van der Waals surface area contributed by atoms with E-state index in [9.17, 15) is 0 Å². The molecule has 0 saturated heterocycles. The largest absolute Gasteiger partial charge is 0.430 e. The number of rotatable bonds is 2. The van der Waals surface area contributed by atoms with Gasteiger partial charge in [0.15, 0.2) is 0 Å². The van der Waals surface area contributed by atoms with Crippen molar-refractivity contribution in [1.29, 1.82) is 0 Å². The Morgan fingerprint density at radius 2 is 1.89 bits per heavy atom. The average Bonchev–Trinajstić information content (AvgIpc) is 2.79. The van der Waals surface area contributed by atoms with Gasteiger partial charge in [0, 0.05) is 21.8 Å². The number of thiazole rings is 1. The molecule has 90 valence electrons.